The number of likely N-dealkylation sites (N-methyl/N-ethyl adjacent to an activating group) is 1. The number of nitrogens with two attached hydrogens (primary N) is 1. The van der Waals surface area contributed by atoms with Crippen LogP contribution in [0.25, 0.3) is 0 Å². The zero-order valence-electron chi connectivity index (χ0n) is 11.3. The molecule has 0 radical (unpaired) electrons. The summed E-state index contributed by atoms with van der Waals surface area (Å²) in [6.07, 6.45) is 2.03. The van der Waals surface area contributed by atoms with E-state index in [1.54, 1.807) is 19.2 Å². The van der Waals surface area contributed by atoms with Gasteiger partial charge in [-0.1, -0.05) is 18.2 Å². The van der Waals surface area contributed by atoms with Crippen LogP contribution >= 0.6 is 0 Å². The monoisotopic (exact) mass is 263 g/mol. The fourth-order valence-electron chi connectivity index (χ4n) is 1.64. The smallest absolute Gasteiger partial charge is 0.243 e. The second-order valence-electron chi connectivity index (χ2n) is 4.41. The van der Waals surface area contributed by atoms with Gasteiger partial charge in [0.2, 0.25) is 11.8 Å². The molecule has 0 bridgehead atoms. The Morgan fingerprint density at radius 1 is 1.21 bits per heavy atom. The van der Waals surface area contributed by atoms with Crippen LogP contribution in [-0.4, -0.2) is 36.9 Å². The van der Waals surface area contributed by atoms with Gasteiger partial charge in [0.25, 0.3) is 0 Å². The van der Waals surface area contributed by atoms with E-state index >= 15 is 0 Å². The van der Waals surface area contributed by atoms with E-state index in [2.05, 4.69) is 5.32 Å². The molecule has 0 heterocycles. The molecule has 0 aliphatic carbocycles. The zero-order chi connectivity index (χ0) is 14.1. The van der Waals surface area contributed by atoms with Crippen molar-refractivity contribution in [2.75, 3.05) is 25.5 Å². The third-order valence-corrected chi connectivity index (χ3v) is 2.71. The van der Waals surface area contributed by atoms with Crippen molar-refractivity contribution in [1.29, 1.82) is 0 Å². The number of benzene rings is 1. The summed E-state index contributed by atoms with van der Waals surface area (Å²) in [6, 6.07) is 9.18. The summed E-state index contributed by atoms with van der Waals surface area (Å²) < 4.78 is 0. The van der Waals surface area contributed by atoms with Crippen LogP contribution in [-0.2, 0) is 9.59 Å². The van der Waals surface area contributed by atoms with Gasteiger partial charge in [0.15, 0.2) is 0 Å². The average molecular weight is 263 g/mol. The minimum atomic E-state index is -0.194. The van der Waals surface area contributed by atoms with Gasteiger partial charge in [0.1, 0.15) is 0 Å². The molecule has 0 unspecified atom stereocenters. The number of para-hydroxylation sites is 1. The normalized spacial score (nSPS) is 10.0. The van der Waals surface area contributed by atoms with Gasteiger partial charge in [0.05, 0.1) is 6.54 Å². The molecule has 1 aromatic carbocycles. The van der Waals surface area contributed by atoms with Crippen molar-refractivity contribution in [2.45, 2.75) is 19.3 Å². The van der Waals surface area contributed by atoms with Gasteiger partial charge in [-0.2, -0.15) is 0 Å². The quantitative estimate of drug-likeness (QED) is 0.726. The SMILES string of the molecule is CN(CC(=O)Nc1ccccc1)C(=O)CCCCN. The van der Waals surface area contributed by atoms with Crippen molar-refractivity contribution in [2.24, 2.45) is 5.73 Å². The van der Waals surface area contributed by atoms with Crippen LogP contribution in [0.5, 0.6) is 0 Å². The van der Waals surface area contributed by atoms with Crippen LogP contribution in [0.1, 0.15) is 19.3 Å². The molecule has 0 spiro atoms. The summed E-state index contributed by atoms with van der Waals surface area (Å²) in [5.74, 6) is -0.225. The summed E-state index contributed by atoms with van der Waals surface area (Å²) in [5.41, 5.74) is 6.10. The number of carbonyl (C=O) groups excluding carboxylic acids is 2. The minimum Gasteiger partial charge on any atom is -0.336 e. The first-order valence-electron chi connectivity index (χ1n) is 6.42. The molecule has 1 aromatic rings. The maximum Gasteiger partial charge on any atom is 0.243 e. The highest BCUT2D eigenvalue weighted by Gasteiger charge is 2.12. The van der Waals surface area contributed by atoms with Gasteiger partial charge in [-0.3, -0.25) is 9.59 Å². The van der Waals surface area contributed by atoms with E-state index in [1.165, 1.54) is 4.90 Å². The van der Waals surface area contributed by atoms with Gasteiger partial charge in [-0.25, -0.2) is 0 Å². The number of hydrogen-bond donors (Lipinski definition) is 2. The van der Waals surface area contributed by atoms with E-state index in [0.717, 1.165) is 18.5 Å². The van der Waals surface area contributed by atoms with Crippen molar-refractivity contribution < 1.29 is 9.59 Å². The lowest BCUT2D eigenvalue weighted by Crippen LogP contribution is -2.34. The molecule has 2 amide bonds. The predicted octanol–water partition coefficient (Wildman–Crippen LogP) is 1.21. The second-order valence-corrected chi connectivity index (χ2v) is 4.41. The third kappa shape index (κ3) is 6.01. The summed E-state index contributed by atoms with van der Waals surface area (Å²) in [5, 5.41) is 2.74. The van der Waals surface area contributed by atoms with Gasteiger partial charge < -0.3 is 16.0 Å². The van der Waals surface area contributed by atoms with Gasteiger partial charge in [0, 0.05) is 19.2 Å². The number of rotatable bonds is 7. The molecule has 5 nitrogen and oxygen atoms in total. The molecule has 0 fully saturated rings. The first-order valence-corrected chi connectivity index (χ1v) is 6.42. The Bertz CT molecular complexity index is 406. The van der Waals surface area contributed by atoms with Crippen LogP contribution in [0.4, 0.5) is 5.69 Å². The van der Waals surface area contributed by atoms with Gasteiger partial charge >= 0.3 is 0 Å². The third-order valence-electron chi connectivity index (χ3n) is 2.71. The Morgan fingerprint density at radius 3 is 2.53 bits per heavy atom. The van der Waals surface area contributed by atoms with E-state index in [1.807, 2.05) is 18.2 Å². The lowest BCUT2D eigenvalue weighted by atomic mass is 10.2. The number of unbranched alkanes of at least 4 members (excludes halogenated alkanes) is 1. The molecule has 0 aromatic heterocycles. The van der Waals surface area contributed by atoms with Crippen molar-refractivity contribution in [1.82, 2.24) is 4.90 Å². The van der Waals surface area contributed by atoms with Crippen LogP contribution < -0.4 is 11.1 Å². The first-order chi connectivity index (χ1) is 9.13. The van der Waals surface area contributed by atoms with Crippen molar-refractivity contribution in [3.05, 3.63) is 30.3 Å². The highest BCUT2D eigenvalue weighted by atomic mass is 16.2. The minimum absolute atomic E-state index is 0.0309. The Labute approximate surface area is 113 Å². The first kappa shape index (κ1) is 15.2. The lowest BCUT2D eigenvalue weighted by Gasteiger charge is -2.16. The summed E-state index contributed by atoms with van der Waals surface area (Å²) in [6.45, 7) is 0.655. The van der Waals surface area contributed by atoms with Crippen molar-refractivity contribution >= 4 is 17.5 Å². The fourth-order valence-corrected chi connectivity index (χ4v) is 1.64. The molecule has 0 saturated heterocycles. The van der Waals surface area contributed by atoms with Crippen molar-refractivity contribution in [3.63, 3.8) is 0 Å². The zero-order valence-corrected chi connectivity index (χ0v) is 11.3. The highest BCUT2D eigenvalue weighted by Crippen LogP contribution is 2.05. The summed E-state index contributed by atoms with van der Waals surface area (Å²) in [4.78, 5) is 24.9. The number of anilines is 1. The summed E-state index contributed by atoms with van der Waals surface area (Å²) in [7, 11) is 1.63. The number of nitrogens with one attached hydrogen (secondary N) is 1. The molecular weight excluding hydrogens is 242 g/mol. The largest absolute Gasteiger partial charge is 0.336 e. The second kappa shape index (κ2) is 8.26. The Balaban J connectivity index is 2.33. The molecule has 0 saturated carbocycles. The van der Waals surface area contributed by atoms with E-state index in [4.69, 9.17) is 5.73 Å². The number of hydrogen-bond acceptors (Lipinski definition) is 3. The van der Waals surface area contributed by atoms with E-state index in [-0.39, 0.29) is 18.4 Å². The average Bonchev–Trinajstić information content (AvgIpc) is 2.39. The topological polar surface area (TPSA) is 75.4 Å². The molecule has 104 valence electrons. The molecule has 0 aliphatic heterocycles. The molecule has 5 heteroatoms. The van der Waals surface area contributed by atoms with Crippen molar-refractivity contribution in [3.8, 4) is 0 Å². The Hall–Kier alpha value is -1.88. The number of carbonyl (C=O) groups is 2. The standard InChI is InChI=1S/C14H21N3O2/c1-17(14(19)9-5-6-10-15)11-13(18)16-12-7-3-2-4-8-12/h2-4,7-8H,5-6,9-11,15H2,1H3,(H,16,18). The number of nitrogens with zero attached hydrogens (tertiary/aromatic N) is 1. The molecule has 0 aliphatic rings. The van der Waals surface area contributed by atoms with Crippen LogP contribution in [0.3, 0.4) is 0 Å². The van der Waals surface area contributed by atoms with Crippen LogP contribution in [0, 0.1) is 0 Å². The highest BCUT2D eigenvalue weighted by molar-refractivity contribution is 5.94. The van der Waals surface area contributed by atoms with E-state index < -0.39 is 0 Å². The molecule has 0 atom stereocenters. The number of amides is 2. The maximum absolute atomic E-state index is 11.7. The molecule has 3 N–H and O–H groups in total. The lowest BCUT2D eigenvalue weighted by molar-refractivity contribution is -0.133. The molecular formula is C14H21N3O2. The predicted molar refractivity (Wildman–Crippen MR) is 75.6 cm³/mol. The summed E-state index contributed by atoms with van der Waals surface area (Å²) >= 11 is 0. The van der Waals surface area contributed by atoms with Crippen LogP contribution in [0.2, 0.25) is 0 Å². The van der Waals surface area contributed by atoms with Gasteiger partial charge in [-0.05, 0) is 31.5 Å². The van der Waals surface area contributed by atoms with E-state index in [0.29, 0.717) is 13.0 Å². The Kier molecular flexibility index (Phi) is 6.60. The maximum atomic E-state index is 11.7. The van der Waals surface area contributed by atoms with Gasteiger partial charge in [-0.15, -0.1) is 0 Å². The molecule has 19 heavy (non-hydrogen) atoms. The molecule has 1 rings (SSSR count). The fraction of sp³-hybridized carbons (Fsp3) is 0.429. The van der Waals surface area contributed by atoms with Crippen LogP contribution in [0.15, 0.2) is 30.3 Å². The Morgan fingerprint density at radius 2 is 1.89 bits per heavy atom. The van der Waals surface area contributed by atoms with E-state index in [9.17, 15) is 9.59 Å².